The Labute approximate surface area is 151 Å². The second-order valence-corrected chi connectivity index (χ2v) is 6.99. The number of aromatic nitrogens is 4. The van der Waals surface area contributed by atoms with Gasteiger partial charge in [-0.2, -0.15) is 5.10 Å². The highest BCUT2D eigenvalue weighted by molar-refractivity contribution is 5.94. The van der Waals surface area contributed by atoms with E-state index in [1.165, 1.54) is 0 Å². The average Bonchev–Trinajstić information content (AvgIpc) is 3.21. The Balaban J connectivity index is 1.51. The zero-order chi connectivity index (χ0) is 17.7. The van der Waals surface area contributed by atoms with Crippen molar-refractivity contribution >= 4 is 5.91 Å². The monoisotopic (exact) mass is 345 g/mol. The molecule has 0 saturated carbocycles. The Morgan fingerprint density at radius 3 is 2.88 bits per heavy atom. The quantitative estimate of drug-likeness (QED) is 0.716. The Hall–Kier alpha value is -3.02. The number of rotatable bonds is 2. The summed E-state index contributed by atoms with van der Waals surface area (Å²) >= 11 is 0. The van der Waals surface area contributed by atoms with Crippen LogP contribution < -0.4 is 0 Å². The molecule has 0 aliphatic carbocycles. The lowest BCUT2D eigenvalue weighted by Gasteiger charge is -2.35. The summed E-state index contributed by atoms with van der Waals surface area (Å²) in [4.78, 5) is 24.0. The van der Waals surface area contributed by atoms with Gasteiger partial charge in [-0.15, -0.1) is 0 Å². The number of nitrogens with zero attached hydrogens (tertiary/aromatic N) is 5. The average molecular weight is 345 g/mol. The molecule has 6 nitrogen and oxygen atoms in total. The topological polar surface area (TPSA) is 63.9 Å². The van der Waals surface area contributed by atoms with Gasteiger partial charge in [-0.05, 0) is 18.9 Å². The van der Waals surface area contributed by atoms with E-state index in [4.69, 9.17) is 0 Å². The molecule has 2 aliphatic heterocycles. The zero-order valence-corrected chi connectivity index (χ0v) is 14.5. The van der Waals surface area contributed by atoms with Crippen LogP contribution in [0, 0.1) is 0 Å². The van der Waals surface area contributed by atoms with E-state index in [-0.39, 0.29) is 18.0 Å². The van der Waals surface area contributed by atoms with Crippen LogP contribution in [0.4, 0.5) is 0 Å². The molecular formula is C20H19N5O. The number of amides is 1. The molecule has 5 rings (SSSR count). The maximum absolute atomic E-state index is 13.4. The van der Waals surface area contributed by atoms with Gasteiger partial charge in [-0.25, -0.2) is 9.97 Å². The van der Waals surface area contributed by atoms with Crippen molar-refractivity contribution in [2.75, 3.05) is 0 Å². The van der Waals surface area contributed by atoms with Gasteiger partial charge >= 0.3 is 0 Å². The van der Waals surface area contributed by atoms with E-state index < -0.39 is 0 Å². The molecule has 1 fully saturated rings. The molecule has 2 unspecified atom stereocenters. The summed E-state index contributed by atoms with van der Waals surface area (Å²) < 4.78 is 1.70. The third-order valence-electron chi connectivity index (χ3n) is 5.52. The standard InChI is InChI=1S/C20H19N5O/c1-24-19(10-16(23-24)13-5-3-2-4-6-13)20(26)25-14-7-8-18(25)15-11-21-12-22-17(15)9-14/h2-6,10-12,14,18H,7-9H2,1H3. The Morgan fingerprint density at radius 1 is 1.19 bits per heavy atom. The summed E-state index contributed by atoms with van der Waals surface area (Å²) in [5.74, 6) is 0.0455. The largest absolute Gasteiger partial charge is 0.327 e. The van der Waals surface area contributed by atoms with Crippen LogP contribution >= 0.6 is 0 Å². The molecule has 0 radical (unpaired) electrons. The molecule has 26 heavy (non-hydrogen) atoms. The molecule has 2 aliphatic rings. The SMILES string of the molecule is Cn1nc(-c2ccccc2)cc1C(=O)N1C2CCC1c1cncnc1C2. The van der Waals surface area contributed by atoms with Crippen LogP contribution in [0.15, 0.2) is 48.9 Å². The first-order valence-electron chi connectivity index (χ1n) is 8.93. The van der Waals surface area contributed by atoms with Crippen LogP contribution in [0.5, 0.6) is 0 Å². The molecule has 0 N–H and O–H groups in total. The zero-order valence-electron chi connectivity index (χ0n) is 14.5. The number of hydrogen-bond acceptors (Lipinski definition) is 4. The highest BCUT2D eigenvalue weighted by atomic mass is 16.2. The maximum Gasteiger partial charge on any atom is 0.272 e. The van der Waals surface area contributed by atoms with Crippen LogP contribution in [0.25, 0.3) is 11.3 Å². The molecule has 0 spiro atoms. The molecule has 2 atom stereocenters. The molecule has 1 aromatic carbocycles. The molecule has 1 saturated heterocycles. The van der Waals surface area contributed by atoms with E-state index in [0.29, 0.717) is 5.69 Å². The fraction of sp³-hybridized carbons (Fsp3) is 0.300. The number of hydrogen-bond donors (Lipinski definition) is 0. The normalized spacial score (nSPS) is 20.9. The lowest BCUT2D eigenvalue weighted by atomic mass is 9.99. The number of aryl methyl sites for hydroxylation is 1. The van der Waals surface area contributed by atoms with Crippen molar-refractivity contribution in [1.82, 2.24) is 24.6 Å². The summed E-state index contributed by atoms with van der Waals surface area (Å²) in [5, 5.41) is 4.56. The number of carbonyl (C=O) groups excluding carboxylic acids is 1. The Kier molecular flexibility index (Phi) is 3.38. The van der Waals surface area contributed by atoms with Crippen molar-refractivity contribution < 1.29 is 4.79 Å². The van der Waals surface area contributed by atoms with Crippen LogP contribution in [-0.2, 0) is 13.5 Å². The van der Waals surface area contributed by atoms with E-state index in [1.807, 2.05) is 54.5 Å². The van der Waals surface area contributed by atoms with E-state index in [2.05, 4.69) is 15.1 Å². The van der Waals surface area contributed by atoms with E-state index >= 15 is 0 Å². The van der Waals surface area contributed by atoms with Gasteiger partial charge in [0, 0.05) is 36.8 Å². The summed E-state index contributed by atoms with van der Waals surface area (Å²) in [6.07, 6.45) is 6.26. The fourth-order valence-corrected chi connectivity index (χ4v) is 4.28. The number of fused-ring (bicyclic) bond motifs is 4. The van der Waals surface area contributed by atoms with Crippen LogP contribution in [0.2, 0.25) is 0 Å². The molecule has 6 heteroatoms. The van der Waals surface area contributed by atoms with Crippen molar-refractivity contribution in [3.05, 3.63) is 65.9 Å². The highest BCUT2D eigenvalue weighted by Crippen LogP contribution is 2.43. The van der Waals surface area contributed by atoms with E-state index in [0.717, 1.165) is 41.8 Å². The minimum absolute atomic E-state index is 0.0455. The molecule has 1 amide bonds. The molecule has 130 valence electrons. The van der Waals surface area contributed by atoms with Crippen LogP contribution in [0.3, 0.4) is 0 Å². The van der Waals surface area contributed by atoms with Gasteiger partial charge in [-0.1, -0.05) is 30.3 Å². The minimum atomic E-state index is 0.0455. The Bertz CT molecular complexity index is 981. The minimum Gasteiger partial charge on any atom is -0.327 e. The van der Waals surface area contributed by atoms with Gasteiger partial charge in [0.05, 0.1) is 17.4 Å². The first kappa shape index (κ1) is 15.3. The molecular weight excluding hydrogens is 326 g/mol. The van der Waals surface area contributed by atoms with Crippen molar-refractivity contribution in [2.45, 2.75) is 31.3 Å². The van der Waals surface area contributed by atoms with E-state index in [9.17, 15) is 4.79 Å². The molecule has 4 heterocycles. The fourth-order valence-electron chi connectivity index (χ4n) is 4.28. The van der Waals surface area contributed by atoms with Gasteiger partial charge in [-0.3, -0.25) is 9.48 Å². The van der Waals surface area contributed by atoms with Gasteiger partial charge in [0.1, 0.15) is 12.0 Å². The van der Waals surface area contributed by atoms with Gasteiger partial charge in [0.15, 0.2) is 0 Å². The summed E-state index contributed by atoms with van der Waals surface area (Å²) in [6, 6.07) is 12.1. The van der Waals surface area contributed by atoms with Gasteiger partial charge < -0.3 is 4.90 Å². The smallest absolute Gasteiger partial charge is 0.272 e. The van der Waals surface area contributed by atoms with Gasteiger partial charge in [0.25, 0.3) is 5.91 Å². The van der Waals surface area contributed by atoms with E-state index in [1.54, 1.807) is 11.0 Å². The van der Waals surface area contributed by atoms with Crippen LogP contribution in [-0.4, -0.2) is 36.6 Å². The highest BCUT2D eigenvalue weighted by Gasteiger charge is 2.44. The van der Waals surface area contributed by atoms with Crippen LogP contribution in [0.1, 0.15) is 40.6 Å². The Morgan fingerprint density at radius 2 is 2.04 bits per heavy atom. The summed E-state index contributed by atoms with van der Waals surface area (Å²) in [5.41, 5.74) is 4.65. The van der Waals surface area contributed by atoms with Gasteiger partial charge in [0.2, 0.25) is 0 Å². The molecule has 3 aromatic rings. The maximum atomic E-state index is 13.4. The third-order valence-corrected chi connectivity index (χ3v) is 5.52. The first-order valence-corrected chi connectivity index (χ1v) is 8.93. The second-order valence-electron chi connectivity index (χ2n) is 6.99. The van der Waals surface area contributed by atoms with Crippen molar-refractivity contribution in [3.8, 4) is 11.3 Å². The predicted octanol–water partition coefficient (Wildman–Crippen LogP) is 2.78. The predicted molar refractivity (Wildman–Crippen MR) is 96.3 cm³/mol. The molecule has 2 aromatic heterocycles. The number of carbonyl (C=O) groups is 1. The summed E-state index contributed by atoms with van der Waals surface area (Å²) in [6.45, 7) is 0. The second kappa shape index (κ2) is 5.76. The summed E-state index contributed by atoms with van der Waals surface area (Å²) in [7, 11) is 1.84. The van der Waals surface area contributed by atoms with Crippen molar-refractivity contribution in [1.29, 1.82) is 0 Å². The first-order chi connectivity index (χ1) is 12.7. The van der Waals surface area contributed by atoms with Crippen molar-refractivity contribution in [3.63, 3.8) is 0 Å². The third kappa shape index (κ3) is 2.25. The lowest BCUT2D eigenvalue weighted by Crippen LogP contribution is -2.42. The lowest BCUT2D eigenvalue weighted by molar-refractivity contribution is 0.0632. The number of benzene rings is 1. The molecule has 2 bridgehead atoms. The van der Waals surface area contributed by atoms with Crippen molar-refractivity contribution in [2.24, 2.45) is 7.05 Å².